The third-order valence-corrected chi connectivity index (χ3v) is 7.28. The van der Waals surface area contributed by atoms with Crippen LogP contribution in [0.2, 0.25) is 0 Å². The van der Waals surface area contributed by atoms with Crippen LogP contribution in [0.25, 0.3) is 0 Å². The van der Waals surface area contributed by atoms with Crippen molar-refractivity contribution in [2.75, 3.05) is 6.54 Å². The first-order valence-corrected chi connectivity index (χ1v) is 14.3. The molecule has 2 aromatic rings. The number of likely N-dealkylation sites (tertiary alicyclic amines) is 1. The smallest absolute Gasteiger partial charge is 0.303 e. The topological polar surface area (TPSA) is 225 Å². The second kappa shape index (κ2) is 15.4. The van der Waals surface area contributed by atoms with Crippen LogP contribution in [0.3, 0.4) is 0 Å². The molecule has 2 aromatic carbocycles. The molecule has 1 aliphatic rings. The molecule has 0 radical (unpaired) electrons. The van der Waals surface area contributed by atoms with Gasteiger partial charge in [-0.15, -0.1) is 0 Å². The first-order chi connectivity index (χ1) is 21.3. The fourth-order valence-corrected chi connectivity index (χ4v) is 4.90. The van der Waals surface area contributed by atoms with Gasteiger partial charge in [0.25, 0.3) is 5.69 Å². The largest absolute Gasteiger partial charge is 0.507 e. The van der Waals surface area contributed by atoms with E-state index < -0.39 is 82.3 Å². The Hall–Kier alpha value is -5.34. The molecule has 0 spiro atoms. The maximum atomic E-state index is 13.6. The number of benzene rings is 2. The van der Waals surface area contributed by atoms with Crippen LogP contribution in [0, 0.1) is 10.1 Å². The molecule has 0 aliphatic carbocycles. The number of phenols is 1. The van der Waals surface area contributed by atoms with Gasteiger partial charge >= 0.3 is 5.97 Å². The van der Waals surface area contributed by atoms with Gasteiger partial charge in [-0.05, 0) is 38.3 Å². The number of hydrogen-bond acceptors (Lipinski definition) is 9. The number of non-ortho nitro benzene ring substituents is 1. The molecule has 1 saturated heterocycles. The molecule has 15 nitrogen and oxygen atoms in total. The van der Waals surface area contributed by atoms with Crippen LogP contribution in [0.5, 0.6) is 5.75 Å². The number of carboxylic acid groups (broad SMARTS) is 1. The molecular weight excluding hydrogens is 590 g/mol. The van der Waals surface area contributed by atoms with Crippen molar-refractivity contribution in [3.05, 3.63) is 69.8 Å². The van der Waals surface area contributed by atoms with Gasteiger partial charge in [-0.2, -0.15) is 0 Å². The van der Waals surface area contributed by atoms with Gasteiger partial charge < -0.3 is 31.1 Å². The maximum Gasteiger partial charge on any atom is 0.303 e. The third kappa shape index (κ3) is 9.32. The summed E-state index contributed by atoms with van der Waals surface area (Å²) in [5, 5.41) is 37.9. The van der Waals surface area contributed by atoms with Gasteiger partial charge in [-0.1, -0.05) is 30.3 Å². The van der Waals surface area contributed by atoms with Crippen LogP contribution in [0.4, 0.5) is 5.69 Å². The molecule has 4 atom stereocenters. The van der Waals surface area contributed by atoms with Crippen LogP contribution in [-0.4, -0.2) is 86.1 Å². The predicted molar refractivity (Wildman–Crippen MR) is 158 cm³/mol. The van der Waals surface area contributed by atoms with Crippen molar-refractivity contribution in [2.24, 2.45) is 0 Å². The van der Waals surface area contributed by atoms with E-state index in [0.29, 0.717) is 12.0 Å². The van der Waals surface area contributed by atoms with E-state index in [0.717, 1.165) is 18.2 Å². The fourth-order valence-electron chi connectivity index (χ4n) is 4.90. The highest BCUT2D eigenvalue weighted by molar-refractivity contribution is 6.05. The molecule has 4 amide bonds. The normalized spacial score (nSPS) is 16.1. The highest BCUT2D eigenvalue weighted by atomic mass is 16.6. The minimum Gasteiger partial charge on any atom is -0.507 e. The zero-order valence-electron chi connectivity index (χ0n) is 24.7. The van der Waals surface area contributed by atoms with E-state index >= 15 is 0 Å². The van der Waals surface area contributed by atoms with Crippen LogP contribution in [0.1, 0.15) is 55.5 Å². The minimum atomic E-state index is -1.24. The number of Topliss-reactive ketones (excluding diaryl/α,β-unsaturated/α-hetero) is 1. The fraction of sp³-hybridized carbons (Fsp3) is 0.400. The molecule has 0 saturated carbocycles. The predicted octanol–water partition coefficient (Wildman–Crippen LogP) is 1.08. The average Bonchev–Trinajstić information content (AvgIpc) is 3.49. The Kier molecular flexibility index (Phi) is 11.7. The summed E-state index contributed by atoms with van der Waals surface area (Å²) in [6.45, 7) is 2.99. The van der Waals surface area contributed by atoms with Crippen molar-refractivity contribution in [1.82, 2.24) is 20.9 Å². The number of nitro benzene ring substituents is 1. The molecule has 1 heterocycles. The first kappa shape index (κ1) is 34.2. The van der Waals surface area contributed by atoms with Crippen molar-refractivity contribution >= 4 is 41.1 Å². The van der Waals surface area contributed by atoms with Gasteiger partial charge in [0.05, 0.1) is 22.9 Å². The highest BCUT2D eigenvalue weighted by Crippen LogP contribution is 2.26. The standard InChI is InChI=1S/C30H35N5O10/c1-17(31-25(37)12-13-26(38)39)28(41)32-18(2)30(43)34-14-6-9-23(34)29(42)33-22(15-19-7-4-3-5-8-19)27(40)21-16-20(35(44)45)10-11-24(21)36/h3-5,7-8,10-11,16-18,22-23,36H,6,9,12-15H2,1-2H3,(H,31,37)(H,32,41)(H,33,42)(H,38,39)/t17-,18-,22-,23-/m0/s1. The summed E-state index contributed by atoms with van der Waals surface area (Å²) >= 11 is 0. The maximum absolute atomic E-state index is 13.6. The number of phenolic OH excluding ortho intramolecular Hbond substituents is 1. The van der Waals surface area contributed by atoms with Crippen LogP contribution in [-0.2, 0) is 30.4 Å². The Morgan fingerprint density at radius 2 is 1.67 bits per heavy atom. The van der Waals surface area contributed by atoms with E-state index in [1.54, 1.807) is 30.3 Å². The number of nitrogens with one attached hydrogen (secondary N) is 3. The number of ketones is 1. The second-order valence-corrected chi connectivity index (χ2v) is 10.7. The van der Waals surface area contributed by atoms with Gasteiger partial charge in [0.15, 0.2) is 5.78 Å². The molecule has 3 rings (SSSR count). The summed E-state index contributed by atoms with van der Waals surface area (Å²) in [4.78, 5) is 87.4. The first-order valence-electron chi connectivity index (χ1n) is 14.3. The van der Waals surface area contributed by atoms with Crippen molar-refractivity contribution in [1.29, 1.82) is 0 Å². The van der Waals surface area contributed by atoms with Crippen molar-refractivity contribution in [3.63, 3.8) is 0 Å². The molecule has 1 aliphatic heterocycles. The Morgan fingerprint density at radius 3 is 2.31 bits per heavy atom. The second-order valence-electron chi connectivity index (χ2n) is 10.7. The molecule has 0 unspecified atom stereocenters. The summed E-state index contributed by atoms with van der Waals surface area (Å²) in [5.74, 6) is -4.98. The van der Waals surface area contributed by atoms with E-state index in [1.807, 2.05) is 0 Å². The number of aliphatic carboxylic acids is 1. The van der Waals surface area contributed by atoms with Gasteiger partial charge in [0.1, 0.15) is 23.9 Å². The number of aromatic hydroxyl groups is 1. The minimum absolute atomic E-state index is 0.00323. The number of carbonyl (C=O) groups excluding carboxylic acids is 5. The quantitative estimate of drug-likeness (QED) is 0.114. The highest BCUT2D eigenvalue weighted by Gasteiger charge is 2.38. The lowest BCUT2D eigenvalue weighted by Gasteiger charge is -2.29. The summed E-state index contributed by atoms with van der Waals surface area (Å²) in [7, 11) is 0. The lowest BCUT2D eigenvalue weighted by Crippen LogP contribution is -2.56. The van der Waals surface area contributed by atoms with E-state index in [2.05, 4.69) is 16.0 Å². The number of carbonyl (C=O) groups is 6. The molecule has 5 N–H and O–H groups in total. The van der Waals surface area contributed by atoms with Crippen LogP contribution in [0.15, 0.2) is 48.5 Å². The monoisotopic (exact) mass is 625 g/mol. The zero-order chi connectivity index (χ0) is 33.3. The van der Waals surface area contributed by atoms with Gasteiger partial charge in [0.2, 0.25) is 23.6 Å². The number of amides is 4. The van der Waals surface area contributed by atoms with Gasteiger partial charge in [-0.3, -0.25) is 38.9 Å². The molecule has 240 valence electrons. The van der Waals surface area contributed by atoms with Crippen molar-refractivity contribution in [3.8, 4) is 5.75 Å². The third-order valence-electron chi connectivity index (χ3n) is 7.28. The summed E-state index contributed by atoms with van der Waals surface area (Å²) in [5.41, 5.74) is -0.0927. The molecule has 0 aromatic heterocycles. The number of nitrogens with zero attached hydrogens (tertiary/aromatic N) is 2. The van der Waals surface area contributed by atoms with Crippen molar-refractivity contribution < 1.29 is 43.9 Å². The lowest BCUT2D eigenvalue weighted by atomic mass is 9.96. The van der Waals surface area contributed by atoms with Gasteiger partial charge in [0, 0.05) is 31.5 Å². The van der Waals surface area contributed by atoms with E-state index in [-0.39, 0.29) is 31.4 Å². The average molecular weight is 626 g/mol. The number of carboxylic acids is 1. The van der Waals surface area contributed by atoms with Crippen LogP contribution < -0.4 is 16.0 Å². The van der Waals surface area contributed by atoms with Gasteiger partial charge in [-0.25, -0.2) is 0 Å². The zero-order valence-corrected chi connectivity index (χ0v) is 24.7. The molecule has 1 fully saturated rings. The Labute approximate surface area is 258 Å². The van der Waals surface area contributed by atoms with E-state index in [4.69, 9.17) is 5.11 Å². The van der Waals surface area contributed by atoms with Crippen LogP contribution >= 0.6 is 0 Å². The Morgan fingerprint density at radius 1 is 0.978 bits per heavy atom. The summed E-state index contributed by atoms with van der Waals surface area (Å²) in [6.07, 6.45) is 0.00108. The molecular formula is C30H35N5O10. The summed E-state index contributed by atoms with van der Waals surface area (Å²) in [6, 6.07) is 7.32. The lowest BCUT2D eigenvalue weighted by molar-refractivity contribution is -0.384. The van der Waals surface area contributed by atoms with Crippen molar-refractivity contribution in [2.45, 2.75) is 70.1 Å². The SMILES string of the molecule is C[C@H](NC(=O)CCC(=O)O)C(=O)N[C@@H](C)C(=O)N1CCC[C@H]1C(=O)N[C@@H](Cc1ccccc1)C(=O)c1cc([N+](=O)[O-])ccc1O. The molecule has 15 heteroatoms. The number of hydrogen-bond donors (Lipinski definition) is 5. The Bertz CT molecular complexity index is 1460. The summed E-state index contributed by atoms with van der Waals surface area (Å²) < 4.78 is 0. The number of nitro groups is 1. The van der Waals surface area contributed by atoms with E-state index in [9.17, 15) is 44.0 Å². The number of rotatable bonds is 14. The Balaban J connectivity index is 1.73. The molecule has 0 bridgehead atoms. The van der Waals surface area contributed by atoms with E-state index in [1.165, 1.54) is 18.7 Å². The molecule has 45 heavy (non-hydrogen) atoms.